The van der Waals surface area contributed by atoms with Crippen LogP contribution in [-0.4, -0.2) is 42.5 Å². The molecule has 0 bridgehead atoms. The summed E-state index contributed by atoms with van der Waals surface area (Å²) in [4.78, 5) is 11.4. The maximum Gasteiger partial charge on any atom is 0.323 e. The van der Waals surface area contributed by atoms with Gasteiger partial charge in [0.05, 0.1) is 13.2 Å². The lowest BCUT2D eigenvalue weighted by Gasteiger charge is -2.22. The van der Waals surface area contributed by atoms with Crippen LogP contribution >= 0.6 is 0 Å². The number of nitrogens with two attached hydrogens (primary N) is 1. The lowest BCUT2D eigenvalue weighted by Crippen LogP contribution is -2.38. The highest BCUT2D eigenvalue weighted by molar-refractivity contribution is 5.75. The van der Waals surface area contributed by atoms with Gasteiger partial charge in [-0.1, -0.05) is 0 Å². The van der Waals surface area contributed by atoms with Crippen LogP contribution in [0.5, 0.6) is 0 Å². The number of ether oxygens (including phenoxy) is 2. The number of hydrogen-bond acceptors (Lipinski definition) is 5. The van der Waals surface area contributed by atoms with Crippen LogP contribution in [0.3, 0.4) is 0 Å². The van der Waals surface area contributed by atoms with Crippen molar-refractivity contribution in [3.05, 3.63) is 0 Å². The molecular weight excluding hydrogens is 198 g/mol. The summed E-state index contributed by atoms with van der Waals surface area (Å²) in [7, 11) is 0. The van der Waals surface area contributed by atoms with Crippen molar-refractivity contribution in [3.63, 3.8) is 0 Å². The summed E-state index contributed by atoms with van der Waals surface area (Å²) >= 11 is 0. The van der Waals surface area contributed by atoms with Crippen molar-refractivity contribution in [3.8, 4) is 0 Å². The summed E-state index contributed by atoms with van der Waals surface area (Å²) in [5.74, 6) is -0.421. The van der Waals surface area contributed by atoms with Gasteiger partial charge in [0.2, 0.25) is 0 Å². The van der Waals surface area contributed by atoms with Crippen molar-refractivity contribution in [2.45, 2.75) is 38.8 Å². The van der Waals surface area contributed by atoms with E-state index in [1.54, 1.807) is 20.8 Å². The zero-order valence-corrected chi connectivity index (χ0v) is 9.66. The summed E-state index contributed by atoms with van der Waals surface area (Å²) in [6, 6.07) is -0.664. The maximum atomic E-state index is 11.4. The van der Waals surface area contributed by atoms with Crippen molar-refractivity contribution in [1.29, 1.82) is 0 Å². The third kappa shape index (κ3) is 8.35. The van der Waals surface area contributed by atoms with Gasteiger partial charge in [-0.05, 0) is 27.2 Å². The fourth-order valence-electron chi connectivity index (χ4n) is 0.872. The minimum atomic E-state index is -0.664. The first-order chi connectivity index (χ1) is 6.87. The monoisotopic (exact) mass is 219 g/mol. The summed E-state index contributed by atoms with van der Waals surface area (Å²) < 4.78 is 10.1. The number of carbonyl (C=O) groups excluding carboxylic acids is 1. The van der Waals surface area contributed by atoms with Gasteiger partial charge in [-0.15, -0.1) is 0 Å². The molecule has 0 aromatic rings. The van der Waals surface area contributed by atoms with Gasteiger partial charge in [0, 0.05) is 6.61 Å². The molecule has 0 spiro atoms. The van der Waals surface area contributed by atoms with Crippen molar-refractivity contribution in [2.75, 3.05) is 19.8 Å². The van der Waals surface area contributed by atoms with Gasteiger partial charge in [0.1, 0.15) is 11.6 Å². The molecule has 90 valence electrons. The molecule has 0 amide bonds. The standard InChI is InChI=1S/C10H21NO4/c1-10(2,3)15-9(13)8(11)4-6-14-7-5-12/h8,12H,4-7,11H2,1-3H3. The average molecular weight is 219 g/mol. The predicted octanol–water partition coefficient (Wildman–Crippen LogP) is 0.0544. The van der Waals surface area contributed by atoms with Gasteiger partial charge in [-0.3, -0.25) is 4.79 Å². The first-order valence-electron chi connectivity index (χ1n) is 5.04. The third-order valence-corrected chi connectivity index (χ3v) is 1.52. The highest BCUT2D eigenvalue weighted by atomic mass is 16.6. The van der Waals surface area contributed by atoms with Gasteiger partial charge in [0.25, 0.3) is 0 Å². The zero-order chi connectivity index (χ0) is 11.9. The van der Waals surface area contributed by atoms with Crippen molar-refractivity contribution in [1.82, 2.24) is 0 Å². The predicted molar refractivity (Wildman–Crippen MR) is 56.3 cm³/mol. The molecule has 0 saturated heterocycles. The molecule has 0 heterocycles. The summed E-state index contributed by atoms with van der Waals surface area (Å²) in [6.07, 6.45) is 0.398. The molecule has 5 nitrogen and oxygen atoms in total. The summed E-state index contributed by atoms with van der Waals surface area (Å²) in [5, 5.41) is 8.45. The van der Waals surface area contributed by atoms with Crippen LogP contribution in [0.25, 0.3) is 0 Å². The van der Waals surface area contributed by atoms with Gasteiger partial charge >= 0.3 is 5.97 Å². The van der Waals surface area contributed by atoms with Crippen LogP contribution in [0.4, 0.5) is 0 Å². The highest BCUT2D eigenvalue weighted by Gasteiger charge is 2.21. The van der Waals surface area contributed by atoms with Crippen LogP contribution in [0.1, 0.15) is 27.2 Å². The quantitative estimate of drug-likeness (QED) is 0.487. The van der Waals surface area contributed by atoms with E-state index in [1.807, 2.05) is 0 Å². The first kappa shape index (κ1) is 14.3. The van der Waals surface area contributed by atoms with Gasteiger partial charge < -0.3 is 20.3 Å². The van der Waals surface area contributed by atoms with Crippen LogP contribution in [0, 0.1) is 0 Å². The Morgan fingerprint density at radius 3 is 2.47 bits per heavy atom. The third-order valence-electron chi connectivity index (χ3n) is 1.52. The van der Waals surface area contributed by atoms with Gasteiger partial charge in [-0.2, -0.15) is 0 Å². The smallest absolute Gasteiger partial charge is 0.323 e. The van der Waals surface area contributed by atoms with Gasteiger partial charge in [-0.25, -0.2) is 0 Å². The Bertz CT molecular complexity index is 188. The Kier molecular flexibility index (Phi) is 6.47. The molecular formula is C10H21NO4. The highest BCUT2D eigenvalue weighted by Crippen LogP contribution is 2.08. The molecule has 1 atom stereocenters. The number of rotatable bonds is 6. The van der Waals surface area contributed by atoms with Crippen LogP contribution < -0.4 is 5.73 Å². The van der Waals surface area contributed by atoms with Gasteiger partial charge in [0.15, 0.2) is 0 Å². The second-order valence-electron chi connectivity index (χ2n) is 4.26. The molecule has 0 fully saturated rings. The molecule has 3 N–H and O–H groups in total. The Morgan fingerprint density at radius 1 is 1.40 bits per heavy atom. The van der Waals surface area contributed by atoms with E-state index in [2.05, 4.69) is 0 Å². The number of hydrogen-bond donors (Lipinski definition) is 2. The van der Waals surface area contributed by atoms with E-state index in [9.17, 15) is 4.79 Å². The minimum Gasteiger partial charge on any atom is -0.459 e. The number of aliphatic hydroxyl groups excluding tert-OH is 1. The molecule has 15 heavy (non-hydrogen) atoms. The van der Waals surface area contributed by atoms with Crippen LogP contribution in [0.2, 0.25) is 0 Å². The average Bonchev–Trinajstić information content (AvgIpc) is 2.09. The van der Waals surface area contributed by atoms with E-state index in [0.717, 1.165) is 0 Å². The Labute approximate surface area is 90.5 Å². The number of aliphatic hydroxyl groups is 1. The molecule has 0 aliphatic carbocycles. The Balaban J connectivity index is 3.70. The molecule has 0 aromatic heterocycles. The van der Waals surface area contributed by atoms with Crippen molar-refractivity contribution >= 4 is 5.97 Å². The van der Waals surface area contributed by atoms with E-state index in [0.29, 0.717) is 13.0 Å². The summed E-state index contributed by atoms with van der Waals surface area (Å²) in [5.41, 5.74) is 5.08. The SMILES string of the molecule is CC(C)(C)OC(=O)C(N)CCOCCO. The molecule has 0 rings (SSSR count). The van der Waals surface area contributed by atoms with E-state index < -0.39 is 17.6 Å². The molecule has 1 unspecified atom stereocenters. The second-order valence-corrected chi connectivity index (χ2v) is 4.26. The van der Waals surface area contributed by atoms with E-state index in [-0.39, 0.29) is 13.2 Å². The topological polar surface area (TPSA) is 81.8 Å². The Morgan fingerprint density at radius 2 is 2.00 bits per heavy atom. The molecule has 5 heteroatoms. The minimum absolute atomic E-state index is 0.0261. The van der Waals surface area contributed by atoms with Crippen molar-refractivity contribution in [2.24, 2.45) is 5.73 Å². The maximum absolute atomic E-state index is 11.4. The van der Waals surface area contributed by atoms with E-state index in [1.165, 1.54) is 0 Å². The molecule has 0 radical (unpaired) electrons. The first-order valence-corrected chi connectivity index (χ1v) is 5.04. The number of esters is 1. The van der Waals surface area contributed by atoms with Crippen LogP contribution in [-0.2, 0) is 14.3 Å². The van der Waals surface area contributed by atoms with Crippen molar-refractivity contribution < 1.29 is 19.4 Å². The lowest BCUT2D eigenvalue weighted by atomic mass is 10.2. The Hall–Kier alpha value is -0.650. The fourth-order valence-corrected chi connectivity index (χ4v) is 0.872. The molecule has 0 aliphatic heterocycles. The zero-order valence-electron chi connectivity index (χ0n) is 9.66. The fraction of sp³-hybridized carbons (Fsp3) is 0.900. The molecule has 0 aromatic carbocycles. The second kappa shape index (κ2) is 6.76. The van der Waals surface area contributed by atoms with Crippen LogP contribution in [0.15, 0.2) is 0 Å². The summed E-state index contributed by atoms with van der Waals surface area (Å²) in [6.45, 7) is 5.96. The number of carbonyl (C=O) groups is 1. The molecule has 0 aliphatic rings. The normalized spacial score (nSPS) is 13.7. The molecule has 0 saturated carbocycles. The lowest BCUT2D eigenvalue weighted by molar-refractivity contribution is -0.156. The van der Waals surface area contributed by atoms with E-state index >= 15 is 0 Å². The largest absolute Gasteiger partial charge is 0.459 e. The van der Waals surface area contributed by atoms with E-state index in [4.69, 9.17) is 20.3 Å².